The van der Waals surface area contributed by atoms with Crippen LogP contribution < -0.4 is 0 Å². The van der Waals surface area contributed by atoms with E-state index in [1.165, 1.54) is 51.0 Å². The Morgan fingerprint density at radius 2 is 1.81 bits per heavy atom. The lowest BCUT2D eigenvalue weighted by Crippen LogP contribution is -2.08. The summed E-state index contributed by atoms with van der Waals surface area (Å²) in [6, 6.07) is 0. The molecule has 1 fully saturated rings. The third-order valence-electron chi connectivity index (χ3n) is 5.09. The van der Waals surface area contributed by atoms with Crippen molar-refractivity contribution in [1.82, 2.24) is 0 Å². The minimum Gasteiger partial charge on any atom is -0.463 e. The van der Waals surface area contributed by atoms with Crippen LogP contribution in [-0.4, -0.2) is 36.4 Å². The van der Waals surface area contributed by atoms with Crippen molar-refractivity contribution in [2.75, 3.05) is 13.2 Å². The lowest BCUT2D eigenvalue weighted by Gasteiger charge is -2.13. The van der Waals surface area contributed by atoms with Crippen molar-refractivity contribution in [3.05, 3.63) is 12.2 Å². The van der Waals surface area contributed by atoms with Gasteiger partial charge in [0.2, 0.25) is 0 Å². The third-order valence-corrected chi connectivity index (χ3v) is 5.09. The van der Waals surface area contributed by atoms with Gasteiger partial charge < -0.3 is 14.6 Å². The highest BCUT2D eigenvalue weighted by Gasteiger charge is 2.20. The number of esters is 2. The van der Waals surface area contributed by atoms with Crippen LogP contribution in [0.4, 0.5) is 0 Å². The molecule has 0 spiro atoms. The minimum absolute atomic E-state index is 0.215. The number of ether oxygens (including phenoxy) is 2. The maximum atomic E-state index is 11.6. The minimum atomic E-state index is -0.389. The Balaban J connectivity index is 1.97. The number of hydrogen-bond donors (Lipinski definition) is 1. The number of hydrogen-bond acceptors (Lipinski definition) is 5. The monoisotopic (exact) mass is 382 g/mol. The molecule has 1 aliphatic rings. The van der Waals surface area contributed by atoms with Crippen LogP contribution in [0.1, 0.15) is 90.4 Å². The van der Waals surface area contributed by atoms with E-state index < -0.39 is 0 Å². The Hall–Kier alpha value is -1.36. The fourth-order valence-electron chi connectivity index (χ4n) is 3.34. The maximum Gasteiger partial charge on any atom is 0.330 e. The molecule has 0 aromatic heterocycles. The van der Waals surface area contributed by atoms with Crippen LogP contribution in [0.3, 0.4) is 0 Å². The molecule has 0 aromatic carbocycles. The summed E-state index contributed by atoms with van der Waals surface area (Å²) in [4.78, 5) is 22.6. The zero-order chi connectivity index (χ0) is 19.7. The molecule has 2 atom stereocenters. The zero-order valence-corrected chi connectivity index (χ0v) is 17.0. The average Bonchev–Trinajstić information content (AvgIpc) is 3.09. The summed E-state index contributed by atoms with van der Waals surface area (Å²) in [5.41, 5.74) is 0. The molecule has 1 N–H and O–H groups in total. The number of rotatable bonds is 16. The summed E-state index contributed by atoms with van der Waals surface area (Å²) in [5, 5.41) is 9.51. The van der Waals surface area contributed by atoms with Crippen molar-refractivity contribution >= 4 is 11.9 Å². The molecule has 1 saturated heterocycles. The summed E-state index contributed by atoms with van der Waals surface area (Å²) in [5.74, 6) is -0.235. The number of aliphatic hydroxyl groups excluding tert-OH is 1. The number of cyclic esters (lactones) is 1. The van der Waals surface area contributed by atoms with Crippen molar-refractivity contribution < 1.29 is 24.2 Å². The van der Waals surface area contributed by atoms with Gasteiger partial charge in [-0.15, -0.1) is 0 Å². The summed E-state index contributed by atoms with van der Waals surface area (Å²) in [6.45, 7) is 2.87. The van der Waals surface area contributed by atoms with E-state index in [1.807, 2.05) is 0 Å². The Morgan fingerprint density at radius 1 is 1.15 bits per heavy atom. The molecule has 1 aliphatic heterocycles. The van der Waals surface area contributed by atoms with E-state index in [4.69, 9.17) is 9.47 Å². The Morgan fingerprint density at radius 3 is 2.44 bits per heavy atom. The SMILES string of the molecule is CCCCCCCCC[C@H](CO)CCCCOC(=O)C=CC1CCC(=O)O1. The van der Waals surface area contributed by atoms with E-state index in [0.717, 1.165) is 25.7 Å². The first-order valence-corrected chi connectivity index (χ1v) is 10.8. The molecule has 1 unspecified atom stereocenters. The van der Waals surface area contributed by atoms with Crippen molar-refractivity contribution in [2.45, 2.75) is 96.5 Å². The summed E-state index contributed by atoms with van der Waals surface area (Å²) < 4.78 is 10.2. The van der Waals surface area contributed by atoms with Crippen LogP contribution in [0.2, 0.25) is 0 Å². The maximum absolute atomic E-state index is 11.6. The molecule has 1 rings (SSSR count). The molecule has 27 heavy (non-hydrogen) atoms. The number of carbonyl (C=O) groups excluding carboxylic acids is 2. The van der Waals surface area contributed by atoms with E-state index in [1.54, 1.807) is 6.08 Å². The lowest BCUT2D eigenvalue weighted by molar-refractivity contribution is -0.141. The fourth-order valence-corrected chi connectivity index (χ4v) is 3.34. The molecule has 5 heteroatoms. The Kier molecular flexibility index (Phi) is 13.7. The smallest absolute Gasteiger partial charge is 0.330 e. The van der Waals surface area contributed by atoms with Gasteiger partial charge in [0.05, 0.1) is 6.61 Å². The highest BCUT2D eigenvalue weighted by atomic mass is 16.5. The fraction of sp³-hybridized carbons (Fsp3) is 0.818. The molecule has 0 saturated carbocycles. The predicted molar refractivity (Wildman–Crippen MR) is 106 cm³/mol. The zero-order valence-electron chi connectivity index (χ0n) is 17.0. The Bertz CT molecular complexity index is 432. The molecule has 0 amide bonds. The van der Waals surface area contributed by atoms with Crippen LogP contribution in [0, 0.1) is 5.92 Å². The van der Waals surface area contributed by atoms with Crippen molar-refractivity contribution in [2.24, 2.45) is 5.92 Å². The van der Waals surface area contributed by atoms with E-state index in [9.17, 15) is 14.7 Å². The largest absolute Gasteiger partial charge is 0.463 e. The quantitative estimate of drug-likeness (QED) is 0.238. The second-order valence-corrected chi connectivity index (χ2v) is 7.55. The van der Waals surface area contributed by atoms with Gasteiger partial charge in [-0.1, -0.05) is 51.9 Å². The van der Waals surface area contributed by atoms with Crippen molar-refractivity contribution in [3.63, 3.8) is 0 Å². The lowest BCUT2D eigenvalue weighted by atomic mass is 9.95. The van der Waals surface area contributed by atoms with Crippen LogP contribution in [-0.2, 0) is 19.1 Å². The molecular weight excluding hydrogens is 344 g/mol. The highest BCUT2D eigenvalue weighted by Crippen LogP contribution is 2.18. The Labute approximate surface area is 164 Å². The van der Waals surface area contributed by atoms with Crippen molar-refractivity contribution in [1.29, 1.82) is 0 Å². The van der Waals surface area contributed by atoms with Crippen LogP contribution in [0.25, 0.3) is 0 Å². The molecule has 1 heterocycles. The first-order chi connectivity index (χ1) is 13.2. The average molecular weight is 383 g/mol. The first-order valence-electron chi connectivity index (χ1n) is 10.8. The number of aliphatic hydroxyl groups is 1. The van der Waals surface area contributed by atoms with E-state index in [0.29, 0.717) is 25.4 Å². The normalized spacial score (nSPS) is 18.0. The van der Waals surface area contributed by atoms with Gasteiger partial charge in [0.25, 0.3) is 0 Å². The first kappa shape index (κ1) is 23.7. The van der Waals surface area contributed by atoms with Crippen LogP contribution in [0.15, 0.2) is 12.2 Å². The second kappa shape index (κ2) is 15.7. The topological polar surface area (TPSA) is 72.8 Å². The van der Waals surface area contributed by atoms with Crippen LogP contribution >= 0.6 is 0 Å². The second-order valence-electron chi connectivity index (χ2n) is 7.55. The van der Waals surface area contributed by atoms with Gasteiger partial charge in [-0.2, -0.15) is 0 Å². The number of carbonyl (C=O) groups is 2. The van der Waals surface area contributed by atoms with Gasteiger partial charge in [0.15, 0.2) is 0 Å². The predicted octanol–water partition coefficient (Wildman–Crippen LogP) is 4.71. The highest BCUT2D eigenvalue weighted by molar-refractivity contribution is 5.82. The van der Waals surface area contributed by atoms with E-state index in [-0.39, 0.29) is 24.6 Å². The third kappa shape index (κ3) is 12.6. The van der Waals surface area contributed by atoms with Gasteiger partial charge in [0, 0.05) is 19.1 Å². The summed E-state index contributed by atoms with van der Waals surface area (Å²) in [7, 11) is 0. The molecule has 156 valence electrons. The standard InChI is InChI=1S/C22H38O5/c1-2-3-4-5-6-7-8-11-19(18-23)12-9-10-17-26-21(24)15-13-20-14-16-22(25)27-20/h13,15,19-20,23H,2-12,14,16-18H2,1H3/t19-,20?/m0/s1. The van der Waals surface area contributed by atoms with Gasteiger partial charge in [0.1, 0.15) is 6.10 Å². The molecule has 0 aliphatic carbocycles. The molecule has 0 aromatic rings. The summed E-state index contributed by atoms with van der Waals surface area (Å²) >= 11 is 0. The van der Waals surface area contributed by atoms with Gasteiger partial charge in [-0.05, 0) is 44.1 Å². The van der Waals surface area contributed by atoms with Gasteiger partial charge in [-0.3, -0.25) is 4.79 Å². The molecular formula is C22H38O5. The molecule has 5 nitrogen and oxygen atoms in total. The molecule has 0 radical (unpaired) electrons. The van der Waals surface area contributed by atoms with Gasteiger partial charge in [-0.25, -0.2) is 4.79 Å². The molecule has 0 bridgehead atoms. The van der Waals surface area contributed by atoms with Gasteiger partial charge >= 0.3 is 11.9 Å². The summed E-state index contributed by atoms with van der Waals surface area (Å²) in [6.07, 6.45) is 16.6. The van der Waals surface area contributed by atoms with E-state index in [2.05, 4.69) is 6.92 Å². The number of unbranched alkanes of at least 4 members (excludes halogenated alkanes) is 7. The van der Waals surface area contributed by atoms with Crippen LogP contribution in [0.5, 0.6) is 0 Å². The van der Waals surface area contributed by atoms with E-state index >= 15 is 0 Å². The van der Waals surface area contributed by atoms with Crippen molar-refractivity contribution in [3.8, 4) is 0 Å².